The normalized spacial score (nSPS) is 20.7. The summed E-state index contributed by atoms with van der Waals surface area (Å²) >= 11 is 0. The molecule has 4 nitrogen and oxygen atoms in total. The minimum absolute atomic E-state index is 0.293. The second-order valence-electron chi connectivity index (χ2n) is 4.81. The molecular weight excluding hydrogens is 192 g/mol. The summed E-state index contributed by atoms with van der Waals surface area (Å²) in [5, 5.41) is 12.4. The highest BCUT2D eigenvalue weighted by molar-refractivity contribution is 5.80. The summed E-state index contributed by atoms with van der Waals surface area (Å²) in [6, 6.07) is 0.371. The summed E-state index contributed by atoms with van der Waals surface area (Å²) in [7, 11) is 3.72. The van der Waals surface area contributed by atoms with E-state index in [1.54, 1.807) is 7.05 Å². The smallest absolute Gasteiger partial charge is 0.325 e. The van der Waals surface area contributed by atoms with Crippen molar-refractivity contribution in [3.63, 3.8) is 0 Å². The zero-order valence-corrected chi connectivity index (χ0v) is 10.1. The number of aliphatic carboxylic acids is 1. The van der Waals surface area contributed by atoms with Crippen LogP contribution in [0.2, 0.25) is 0 Å². The van der Waals surface area contributed by atoms with E-state index in [2.05, 4.69) is 24.1 Å². The van der Waals surface area contributed by atoms with Crippen LogP contribution in [0.3, 0.4) is 0 Å². The van der Waals surface area contributed by atoms with Gasteiger partial charge in [-0.05, 0) is 46.7 Å². The van der Waals surface area contributed by atoms with Gasteiger partial charge in [0.25, 0.3) is 0 Å². The van der Waals surface area contributed by atoms with E-state index < -0.39 is 11.5 Å². The lowest BCUT2D eigenvalue weighted by atomic mass is 9.92. The van der Waals surface area contributed by atoms with Crippen LogP contribution in [0.1, 0.15) is 26.7 Å². The van der Waals surface area contributed by atoms with Crippen molar-refractivity contribution in [3.8, 4) is 0 Å². The van der Waals surface area contributed by atoms with E-state index in [0.717, 1.165) is 12.8 Å². The van der Waals surface area contributed by atoms with Crippen molar-refractivity contribution in [2.45, 2.75) is 38.3 Å². The Bertz CT molecular complexity index is 239. The van der Waals surface area contributed by atoms with E-state index >= 15 is 0 Å². The Labute approximate surface area is 91.6 Å². The van der Waals surface area contributed by atoms with Crippen molar-refractivity contribution in [1.29, 1.82) is 0 Å². The Hall–Kier alpha value is -0.610. The Kier molecular flexibility index (Phi) is 3.73. The monoisotopic (exact) mass is 214 g/mol. The second kappa shape index (κ2) is 4.49. The first kappa shape index (κ1) is 12.5. The Morgan fingerprint density at radius 3 is 2.40 bits per heavy atom. The van der Waals surface area contributed by atoms with Gasteiger partial charge < -0.3 is 15.3 Å². The van der Waals surface area contributed by atoms with E-state index in [-0.39, 0.29) is 0 Å². The molecule has 88 valence electrons. The number of carboxylic acid groups (broad SMARTS) is 1. The van der Waals surface area contributed by atoms with E-state index in [9.17, 15) is 9.90 Å². The highest BCUT2D eigenvalue weighted by Crippen LogP contribution is 2.40. The van der Waals surface area contributed by atoms with Gasteiger partial charge in [-0.15, -0.1) is 0 Å². The van der Waals surface area contributed by atoms with Crippen LogP contribution in [0.15, 0.2) is 0 Å². The van der Waals surface area contributed by atoms with Crippen molar-refractivity contribution < 1.29 is 9.90 Å². The molecule has 0 aromatic carbocycles. The number of rotatable bonds is 6. The van der Waals surface area contributed by atoms with E-state index in [1.165, 1.54) is 0 Å². The molecule has 2 N–H and O–H groups in total. The lowest BCUT2D eigenvalue weighted by Crippen LogP contribution is -2.59. The van der Waals surface area contributed by atoms with Gasteiger partial charge in [-0.3, -0.25) is 4.79 Å². The highest BCUT2D eigenvalue weighted by atomic mass is 16.4. The van der Waals surface area contributed by atoms with Crippen LogP contribution in [0.5, 0.6) is 0 Å². The third kappa shape index (κ3) is 2.49. The summed E-state index contributed by atoms with van der Waals surface area (Å²) in [4.78, 5) is 13.5. The molecule has 0 heterocycles. The molecule has 1 atom stereocenters. The number of hydrogen-bond acceptors (Lipinski definition) is 3. The fraction of sp³-hybridized carbons (Fsp3) is 0.909. The molecule has 15 heavy (non-hydrogen) atoms. The molecule has 1 unspecified atom stereocenters. The Balaban J connectivity index is 2.75. The molecule has 0 aliphatic heterocycles. The fourth-order valence-electron chi connectivity index (χ4n) is 1.91. The number of likely N-dealkylation sites (N-methyl/N-ethyl adjacent to an activating group) is 2. The van der Waals surface area contributed by atoms with Crippen molar-refractivity contribution >= 4 is 5.97 Å². The lowest BCUT2D eigenvalue weighted by Gasteiger charge is -2.35. The first-order valence-electron chi connectivity index (χ1n) is 5.56. The van der Waals surface area contributed by atoms with Crippen molar-refractivity contribution in [2.24, 2.45) is 5.92 Å². The minimum Gasteiger partial charge on any atom is -0.480 e. The van der Waals surface area contributed by atoms with Crippen LogP contribution in [-0.4, -0.2) is 48.2 Å². The molecule has 0 radical (unpaired) electrons. The largest absolute Gasteiger partial charge is 0.480 e. The third-order valence-corrected chi connectivity index (χ3v) is 3.48. The summed E-state index contributed by atoms with van der Waals surface area (Å²) in [5.74, 6) is -0.429. The van der Waals surface area contributed by atoms with Gasteiger partial charge in [-0.25, -0.2) is 0 Å². The summed E-state index contributed by atoms with van der Waals surface area (Å²) in [6.45, 7) is 4.73. The number of carbonyl (C=O) groups is 1. The summed E-state index contributed by atoms with van der Waals surface area (Å²) in [6.07, 6.45) is 2.05. The predicted molar refractivity (Wildman–Crippen MR) is 59.9 cm³/mol. The topological polar surface area (TPSA) is 52.6 Å². The average Bonchev–Trinajstić information content (AvgIpc) is 2.96. The molecule has 1 aliphatic rings. The molecule has 1 aliphatic carbocycles. The summed E-state index contributed by atoms with van der Waals surface area (Å²) in [5.41, 5.74) is -0.751. The maximum Gasteiger partial charge on any atom is 0.325 e. The molecule has 0 amide bonds. The Morgan fingerprint density at radius 2 is 2.13 bits per heavy atom. The first-order valence-corrected chi connectivity index (χ1v) is 5.56. The van der Waals surface area contributed by atoms with Gasteiger partial charge in [0.05, 0.1) is 0 Å². The molecule has 1 fully saturated rings. The number of carboxylic acids is 1. The SMILES string of the molecule is CNC(CN(C)C(C)C)(C(=O)O)C1CC1. The predicted octanol–water partition coefficient (Wildman–Crippen LogP) is 0.779. The highest BCUT2D eigenvalue weighted by Gasteiger charge is 2.50. The lowest BCUT2D eigenvalue weighted by molar-refractivity contribution is -0.146. The molecular formula is C11H22N2O2. The first-order chi connectivity index (χ1) is 6.94. The van der Waals surface area contributed by atoms with Crippen LogP contribution in [0, 0.1) is 5.92 Å². The zero-order chi connectivity index (χ0) is 11.6. The summed E-state index contributed by atoms with van der Waals surface area (Å²) < 4.78 is 0. The molecule has 4 heteroatoms. The molecule has 0 spiro atoms. The van der Waals surface area contributed by atoms with Gasteiger partial charge in [-0.1, -0.05) is 0 Å². The van der Waals surface area contributed by atoms with Crippen LogP contribution in [-0.2, 0) is 4.79 Å². The van der Waals surface area contributed by atoms with E-state index in [0.29, 0.717) is 18.5 Å². The fourth-order valence-corrected chi connectivity index (χ4v) is 1.91. The zero-order valence-electron chi connectivity index (χ0n) is 10.1. The van der Waals surface area contributed by atoms with E-state index in [4.69, 9.17) is 0 Å². The van der Waals surface area contributed by atoms with Gasteiger partial charge in [0.1, 0.15) is 5.54 Å². The van der Waals surface area contributed by atoms with Gasteiger partial charge in [0, 0.05) is 12.6 Å². The van der Waals surface area contributed by atoms with Gasteiger partial charge in [0.2, 0.25) is 0 Å². The van der Waals surface area contributed by atoms with Crippen LogP contribution in [0.25, 0.3) is 0 Å². The maximum absolute atomic E-state index is 11.4. The van der Waals surface area contributed by atoms with Gasteiger partial charge in [-0.2, -0.15) is 0 Å². The van der Waals surface area contributed by atoms with Crippen molar-refractivity contribution in [3.05, 3.63) is 0 Å². The molecule has 1 rings (SSSR count). The van der Waals surface area contributed by atoms with Crippen LogP contribution in [0.4, 0.5) is 0 Å². The molecule has 1 saturated carbocycles. The number of hydrogen-bond donors (Lipinski definition) is 2. The van der Waals surface area contributed by atoms with Gasteiger partial charge >= 0.3 is 5.97 Å². The molecule has 0 aromatic rings. The van der Waals surface area contributed by atoms with Crippen LogP contribution < -0.4 is 5.32 Å². The minimum atomic E-state index is -0.751. The maximum atomic E-state index is 11.4. The standard InChI is InChI=1S/C11H22N2O2/c1-8(2)13(4)7-11(12-3,10(14)15)9-5-6-9/h8-9,12H,5-7H2,1-4H3,(H,14,15). The molecule has 0 aromatic heterocycles. The molecule has 0 saturated heterocycles. The third-order valence-electron chi connectivity index (χ3n) is 3.48. The van der Waals surface area contributed by atoms with Crippen molar-refractivity contribution in [2.75, 3.05) is 20.6 Å². The quantitative estimate of drug-likeness (QED) is 0.686. The van der Waals surface area contributed by atoms with Gasteiger partial charge in [0.15, 0.2) is 0 Å². The number of nitrogens with zero attached hydrogens (tertiary/aromatic N) is 1. The van der Waals surface area contributed by atoms with E-state index in [1.807, 2.05) is 7.05 Å². The van der Waals surface area contributed by atoms with Crippen LogP contribution >= 0.6 is 0 Å². The number of nitrogens with one attached hydrogen (secondary N) is 1. The van der Waals surface area contributed by atoms with Crippen molar-refractivity contribution in [1.82, 2.24) is 10.2 Å². The Morgan fingerprint density at radius 1 is 1.60 bits per heavy atom. The average molecular weight is 214 g/mol. The molecule has 0 bridgehead atoms. The second-order valence-corrected chi connectivity index (χ2v) is 4.81.